The standard InChI is InChI=1S/C13H16ClFO3/c1-2-3-5-9(13(17)18)12(16)8-6-4-7-10(14)11(8)15/h4,6-7,9,12,16H,2-3,5H2,1H3,(H,17,18). The molecule has 1 aromatic carbocycles. The van der Waals surface area contributed by atoms with Gasteiger partial charge in [0.1, 0.15) is 5.82 Å². The van der Waals surface area contributed by atoms with Gasteiger partial charge in [0, 0.05) is 5.56 Å². The lowest BCUT2D eigenvalue weighted by Crippen LogP contribution is -2.22. The number of hydrogen-bond acceptors (Lipinski definition) is 2. The molecule has 100 valence electrons. The van der Waals surface area contributed by atoms with Crippen molar-refractivity contribution < 1.29 is 19.4 Å². The van der Waals surface area contributed by atoms with Crippen LogP contribution in [-0.4, -0.2) is 16.2 Å². The summed E-state index contributed by atoms with van der Waals surface area (Å²) in [6.45, 7) is 1.92. The van der Waals surface area contributed by atoms with Crippen molar-refractivity contribution in [3.05, 3.63) is 34.6 Å². The van der Waals surface area contributed by atoms with E-state index < -0.39 is 23.8 Å². The van der Waals surface area contributed by atoms with Gasteiger partial charge < -0.3 is 10.2 Å². The maximum absolute atomic E-state index is 13.7. The summed E-state index contributed by atoms with van der Waals surface area (Å²) in [4.78, 5) is 11.1. The fourth-order valence-electron chi connectivity index (χ4n) is 1.81. The van der Waals surface area contributed by atoms with Crippen LogP contribution in [0.4, 0.5) is 4.39 Å². The summed E-state index contributed by atoms with van der Waals surface area (Å²) in [6, 6.07) is 4.20. The second-order valence-corrected chi connectivity index (χ2v) is 4.58. The van der Waals surface area contributed by atoms with Crippen LogP contribution in [0, 0.1) is 11.7 Å². The molecule has 2 atom stereocenters. The van der Waals surface area contributed by atoms with Gasteiger partial charge in [0.05, 0.1) is 17.0 Å². The van der Waals surface area contributed by atoms with Crippen LogP contribution in [0.2, 0.25) is 5.02 Å². The third kappa shape index (κ3) is 3.43. The summed E-state index contributed by atoms with van der Waals surface area (Å²) >= 11 is 5.61. The zero-order chi connectivity index (χ0) is 13.7. The minimum Gasteiger partial charge on any atom is -0.481 e. The molecule has 0 aliphatic heterocycles. The monoisotopic (exact) mass is 274 g/mol. The van der Waals surface area contributed by atoms with Crippen molar-refractivity contribution in [2.75, 3.05) is 0 Å². The first-order valence-corrected chi connectivity index (χ1v) is 6.21. The highest BCUT2D eigenvalue weighted by Gasteiger charge is 2.29. The third-order valence-electron chi connectivity index (χ3n) is 2.87. The molecule has 0 aromatic heterocycles. The largest absolute Gasteiger partial charge is 0.481 e. The van der Waals surface area contributed by atoms with E-state index in [1.807, 2.05) is 6.92 Å². The lowest BCUT2D eigenvalue weighted by atomic mass is 9.91. The van der Waals surface area contributed by atoms with Gasteiger partial charge in [-0.1, -0.05) is 43.5 Å². The number of hydrogen-bond donors (Lipinski definition) is 2. The van der Waals surface area contributed by atoms with Gasteiger partial charge in [-0.15, -0.1) is 0 Å². The molecule has 0 aliphatic rings. The van der Waals surface area contributed by atoms with Gasteiger partial charge in [0.15, 0.2) is 0 Å². The van der Waals surface area contributed by atoms with Gasteiger partial charge in [-0.2, -0.15) is 0 Å². The molecule has 0 heterocycles. The van der Waals surface area contributed by atoms with E-state index >= 15 is 0 Å². The van der Waals surface area contributed by atoms with Gasteiger partial charge in [-0.25, -0.2) is 4.39 Å². The molecular weight excluding hydrogens is 259 g/mol. The Morgan fingerprint density at radius 2 is 2.17 bits per heavy atom. The van der Waals surface area contributed by atoms with E-state index in [1.54, 1.807) is 0 Å². The SMILES string of the molecule is CCCCC(C(=O)O)C(O)c1cccc(Cl)c1F. The Balaban J connectivity index is 2.98. The van der Waals surface area contributed by atoms with Crippen LogP contribution < -0.4 is 0 Å². The normalized spacial score (nSPS) is 14.2. The first-order chi connectivity index (χ1) is 8.49. The summed E-state index contributed by atoms with van der Waals surface area (Å²) < 4.78 is 13.7. The predicted molar refractivity (Wildman–Crippen MR) is 67.0 cm³/mol. The molecule has 0 amide bonds. The van der Waals surface area contributed by atoms with E-state index in [9.17, 15) is 14.3 Å². The number of aliphatic hydroxyl groups is 1. The van der Waals surface area contributed by atoms with Crippen molar-refractivity contribution in [3.8, 4) is 0 Å². The molecule has 2 unspecified atom stereocenters. The first-order valence-electron chi connectivity index (χ1n) is 5.83. The number of carboxylic acids is 1. The quantitative estimate of drug-likeness (QED) is 0.836. The van der Waals surface area contributed by atoms with E-state index in [2.05, 4.69) is 0 Å². The minimum atomic E-state index is -1.38. The van der Waals surface area contributed by atoms with Gasteiger partial charge in [-0.05, 0) is 12.5 Å². The Labute approximate surface area is 110 Å². The number of aliphatic carboxylic acids is 1. The minimum absolute atomic E-state index is 0.0639. The van der Waals surface area contributed by atoms with Crippen LogP contribution >= 0.6 is 11.6 Å². The van der Waals surface area contributed by atoms with E-state index in [-0.39, 0.29) is 10.6 Å². The zero-order valence-electron chi connectivity index (χ0n) is 10.1. The summed E-state index contributed by atoms with van der Waals surface area (Å²) in [6.07, 6.45) is 0.400. The highest BCUT2D eigenvalue weighted by Crippen LogP contribution is 2.30. The lowest BCUT2D eigenvalue weighted by Gasteiger charge is -2.20. The van der Waals surface area contributed by atoms with Crippen LogP contribution in [0.3, 0.4) is 0 Å². The number of unbranched alkanes of at least 4 members (excludes halogenated alkanes) is 1. The molecule has 0 saturated heterocycles. The molecule has 18 heavy (non-hydrogen) atoms. The van der Waals surface area contributed by atoms with Crippen LogP contribution in [0.15, 0.2) is 18.2 Å². The first kappa shape index (κ1) is 14.9. The van der Waals surface area contributed by atoms with Crippen LogP contribution in [-0.2, 0) is 4.79 Å². The Morgan fingerprint density at radius 1 is 1.50 bits per heavy atom. The zero-order valence-corrected chi connectivity index (χ0v) is 10.8. The van der Waals surface area contributed by atoms with Crippen molar-refractivity contribution in [2.45, 2.75) is 32.3 Å². The van der Waals surface area contributed by atoms with E-state index in [0.717, 1.165) is 6.42 Å². The Hall–Kier alpha value is -1.13. The third-order valence-corrected chi connectivity index (χ3v) is 3.16. The number of rotatable bonds is 6. The number of aliphatic hydroxyl groups excluding tert-OH is 1. The Morgan fingerprint density at radius 3 is 2.72 bits per heavy atom. The van der Waals surface area contributed by atoms with E-state index in [0.29, 0.717) is 12.8 Å². The van der Waals surface area contributed by atoms with Crippen molar-refractivity contribution >= 4 is 17.6 Å². The molecule has 0 spiro atoms. The fourth-order valence-corrected chi connectivity index (χ4v) is 1.99. The Bertz CT molecular complexity index is 423. The van der Waals surface area contributed by atoms with Crippen molar-refractivity contribution in [1.82, 2.24) is 0 Å². The molecule has 1 aromatic rings. The summed E-state index contributed by atoms with van der Waals surface area (Å²) in [7, 11) is 0. The molecule has 0 saturated carbocycles. The van der Waals surface area contributed by atoms with Gasteiger partial charge >= 0.3 is 5.97 Å². The maximum atomic E-state index is 13.7. The average molecular weight is 275 g/mol. The Kier molecular flexibility index (Phi) is 5.56. The number of carbonyl (C=O) groups is 1. The van der Waals surface area contributed by atoms with Crippen molar-refractivity contribution in [2.24, 2.45) is 5.92 Å². The molecule has 0 bridgehead atoms. The number of carboxylic acid groups (broad SMARTS) is 1. The topological polar surface area (TPSA) is 57.5 Å². The molecule has 2 N–H and O–H groups in total. The van der Waals surface area contributed by atoms with Crippen molar-refractivity contribution in [3.63, 3.8) is 0 Å². The molecule has 0 fully saturated rings. The molecule has 3 nitrogen and oxygen atoms in total. The van der Waals surface area contributed by atoms with Crippen LogP contribution in [0.1, 0.15) is 37.9 Å². The number of halogens is 2. The highest BCUT2D eigenvalue weighted by molar-refractivity contribution is 6.30. The number of benzene rings is 1. The molecule has 0 radical (unpaired) electrons. The highest BCUT2D eigenvalue weighted by atomic mass is 35.5. The predicted octanol–water partition coefficient (Wildman–Crippen LogP) is 3.40. The van der Waals surface area contributed by atoms with Gasteiger partial charge in [-0.3, -0.25) is 4.79 Å². The molecule has 0 aliphatic carbocycles. The van der Waals surface area contributed by atoms with Gasteiger partial charge in [0.2, 0.25) is 0 Å². The van der Waals surface area contributed by atoms with E-state index in [1.165, 1.54) is 18.2 Å². The van der Waals surface area contributed by atoms with E-state index in [4.69, 9.17) is 16.7 Å². The summed E-state index contributed by atoms with van der Waals surface area (Å²) in [5, 5.41) is 19.0. The average Bonchev–Trinajstić information content (AvgIpc) is 2.32. The lowest BCUT2D eigenvalue weighted by molar-refractivity contribution is -0.146. The van der Waals surface area contributed by atoms with Gasteiger partial charge in [0.25, 0.3) is 0 Å². The maximum Gasteiger partial charge on any atom is 0.309 e. The molecular formula is C13H16ClFO3. The fraction of sp³-hybridized carbons (Fsp3) is 0.462. The summed E-state index contributed by atoms with van der Waals surface area (Å²) in [5.41, 5.74) is -0.0639. The summed E-state index contributed by atoms with van der Waals surface area (Å²) in [5.74, 6) is -2.90. The smallest absolute Gasteiger partial charge is 0.309 e. The molecule has 5 heteroatoms. The second-order valence-electron chi connectivity index (χ2n) is 4.17. The molecule has 1 rings (SSSR count). The van der Waals surface area contributed by atoms with Crippen molar-refractivity contribution in [1.29, 1.82) is 0 Å². The van der Waals surface area contributed by atoms with Crippen LogP contribution in [0.25, 0.3) is 0 Å². The second kappa shape index (κ2) is 6.71. The van der Waals surface area contributed by atoms with Crippen LogP contribution in [0.5, 0.6) is 0 Å².